The summed E-state index contributed by atoms with van der Waals surface area (Å²) in [6.07, 6.45) is 2.45. The summed E-state index contributed by atoms with van der Waals surface area (Å²) < 4.78 is 6.80. The smallest absolute Gasteiger partial charge is 0.276 e. The zero-order valence-electron chi connectivity index (χ0n) is 59.7. The Balaban J connectivity index is 4.54. The quantitative estimate of drug-likeness (QED) is 0.119. The molecule has 1 aliphatic heterocycles. The van der Waals surface area contributed by atoms with Gasteiger partial charge in [0, 0.05) is 55.3 Å². The number of carbonyl (C=O) groups is 11. The number of likely N-dealkylation sites (N-methyl/N-ethyl adjacent to an activating group) is 7. The number of nitrogens with one attached hydrogen (secondary N) is 4. The molecule has 0 aromatic carbocycles. The Bertz CT molecular complexity index is 2470. The van der Waals surface area contributed by atoms with Crippen molar-refractivity contribution in [1.82, 2.24) is 55.6 Å². The Kier molecular flexibility index (Phi) is 33.4. The van der Waals surface area contributed by atoms with E-state index in [9.17, 15) is 38.7 Å². The number of allylic oxidation sites excluding steroid dienone is 2. The molecular weight excluding hydrogens is 1150 g/mol. The molecule has 90 heavy (non-hydrogen) atoms. The summed E-state index contributed by atoms with van der Waals surface area (Å²) in [6.45, 7) is 32.7. The number of hydrogen-bond acceptors (Lipinski definition) is 13. The number of carbonyl (C=O) groups excluding carboxylic acids is 11. The lowest BCUT2D eigenvalue weighted by atomic mass is 9.89. The highest BCUT2D eigenvalue weighted by Gasteiger charge is 2.55. The molecule has 1 rings (SSSR count). The molecule has 0 saturated carbocycles. The highest BCUT2D eigenvalue weighted by atomic mass is 16.5. The van der Waals surface area contributed by atoms with Crippen LogP contribution in [0.15, 0.2) is 12.2 Å². The monoisotopic (exact) mass is 1270 g/mol. The summed E-state index contributed by atoms with van der Waals surface area (Å²) in [5.41, 5.74) is -2.22. The molecule has 11 amide bonds. The van der Waals surface area contributed by atoms with Crippen LogP contribution in [0, 0.1) is 41.4 Å². The van der Waals surface area contributed by atoms with Crippen molar-refractivity contribution in [3.05, 3.63) is 12.2 Å². The van der Waals surface area contributed by atoms with Crippen LogP contribution in [0.3, 0.4) is 0 Å². The van der Waals surface area contributed by atoms with E-state index in [1.807, 2.05) is 62.3 Å². The third-order valence-corrected chi connectivity index (χ3v) is 17.3. The van der Waals surface area contributed by atoms with Crippen molar-refractivity contribution in [2.45, 2.75) is 249 Å². The van der Waals surface area contributed by atoms with Crippen LogP contribution in [0.2, 0.25) is 0 Å². The van der Waals surface area contributed by atoms with Crippen molar-refractivity contribution in [3.63, 3.8) is 0 Å². The summed E-state index contributed by atoms with van der Waals surface area (Å²) in [6, 6.07) is -11.5. The van der Waals surface area contributed by atoms with Crippen molar-refractivity contribution in [2.24, 2.45) is 41.4 Å². The van der Waals surface area contributed by atoms with Gasteiger partial charge in [0.25, 0.3) is 5.91 Å². The van der Waals surface area contributed by atoms with E-state index in [0.717, 1.165) is 9.80 Å². The molecule has 24 heteroatoms. The zero-order chi connectivity index (χ0) is 69.9. The fraction of sp³-hybridized carbons (Fsp3) is 0.803. The number of aliphatic hydroxyl groups excluding tert-OH is 1. The molecule has 1 saturated heterocycles. The average molecular weight is 1270 g/mol. The van der Waals surface area contributed by atoms with Crippen LogP contribution in [0.4, 0.5) is 0 Å². The summed E-state index contributed by atoms with van der Waals surface area (Å²) in [5.74, 6) is -10.6. The van der Waals surface area contributed by atoms with Crippen LogP contribution in [0.1, 0.15) is 176 Å². The maximum absolute atomic E-state index is 16.0. The first-order valence-electron chi connectivity index (χ1n) is 32.6. The predicted molar refractivity (Wildman–Crippen MR) is 348 cm³/mol. The van der Waals surface area contributed by atoms with Crippen LogP contribution < -0.4 is 21.3 Å². The minimum absolute atomic E-state index is 0.00646. The van der Waals surface area contributed by atoms with Gasteiger partial charge in [0.2, 0.25) is 64.8 Å². The Hall–Kier alpha value is -6.17. The Labute approximate surface area is 539 Å². The first kappa shape index (κ1) is 81.8. The number of nitrogens with zero attached hydrogens (tertiary/aromatic N) is 7. The summed E-state index contributed by atoms with van der Waals surface area (Å²) in [4.78, 5) is 171. The lowest BCUT2D eigenvalue weighted by Gasteiger charge is -2.49. The second-order valence-electron chi connectivity index (χ2n) is 27.5. The number of amides is 11. The van der Waals surface area contributed by atoms with Crippen molar-refractivity contribution in [1.29, 1.82) is 0 Å². The number of aliphatic hydroxyl groups is 1. The van der Waals surface area contributed by atoms with Crippen molar-refractivity contribution in [2.75, 3.05) is 55.9 Å². The summed E-state index contributed by atoms with van der Waals surface area (Å²) >= 11 is 0. The highest BCUT2D eigenvalue weighted by Crippen LogP contribution is 2.34. The average Bonchev–Trinajstić information content (AvgIpc) is 0.816. The summed E-state index contributed by atoms with van der Waals surface area (Å²) in [5, 5.41) is 23.4. The molecule has 1 heterocycles. The standard InChI is InChI=1S/C66H119N11O13/c1-27-30-31-43(16)55(79)54-59(83)69-47(29-3)61(85)71(20)36-52(78)72(21)48(32-37(4)5)58(82)70-53(41(12)13)64(88)73(22)49(33-38(6)7)57(81)67-45(18)56(80)68-46(19)60(84)74(23)50(34-39(8)9)62(86)75(24)51(35-40(10)11)63(87)77(26)66(42(14)15,65(89)76(54)25)90-44(17)28-2/h27,30,37-51,53-55,79H,28-29,31-36H2,1-26H3,(H,67,81)(H,68,80)(H,69,83)(H,70,82)/b30-27+/t43-,44?,45+,46-,47+,48+,49+,50+,51+,53+,54+,55-,66+/m1/s1. The molecule has 0 radical (unpaired) electrons. The van der Waals surface area contributed by atoms with E-state index in [1.54, 1.807) is 67.5 Å². The van der Waals surface area contributed by atoms with Gasteiger partial charge in [-0.05, 0) is 108 Å². The van der Waals surface area contributed by atoms with Gasteiger partial charge in [-0.2, -0.15) is 0 Å². The van der Waals surface area contributed by atoms with Gasteiger partial charge < -0.3 is 65.4 Å². The lowest BCUT2D eigenvalue weighted by Crippen LogP contribution is -2.70. The van der Waals surface area contributed by atoms with E-state index >= 15 is 19.2 Å². The van der Waals surface area contributed by atoms with Gasteiger partial charge in [-0.25, -0.2) is 0 Å². The molecule has 0 spiro atoms. The SMILES string of the molecule is C/C=C/C[C@@H](C)[C@@H](O)[C@H]1C(=O)N[C@@H](CC)C(=O)N(C)CC(=O)N(C)[C@@H](CC(C)C)C(=O)N[C@@H](C(C)C)C(=O)N(C)[C@@H](CC(C)C)C(=O)N[C@@H](C)C(=O)N[C@H](C)C(=O)N(C)[C@@H](CC(C)C)C(=O)N(C)[C@@H](CC(C)C)C(=O)N(C)[C@](OC(C)CC)(C(C)C)C(=O)N1C. The van der Waals surface area contributed by atoms with Crippen LogP contribution >= 0.6 is 0 Å². The fourth-order valence-corrected chi connectivity index (χ4v) is 11.3. The molecule has 516 valence electrons. The van der Waals surface area contributed by atoms with Gasteiger partial charge in [-0.1, -0.05) is 116 Å². The van der Waals surface area contributed by atoms with E-state index in [0.29, 0.717) is 6.42 Å². The second-order valence-corrected chi connectivity index (χ2v) is 27.5. The fourth-order valence-electron chi connectivity index (χ4n) is 11.3. The highest BCUT2D eigenvalue weighted by molar-refractivity contribution is 6.00. The number of hydrogen-bond donors (Lipinski definition) is 5. The van der Waals surface area contributed by atoms with Gasteiger partial charge in [-0.15, -0.1) is 0 Å². The first-order chi connectivity index (χ1) is 41.5. The minimum Gasteiger partial charge on any atom is -0.390 e. The largest absolute Gasteiger partial charge is 0.390 e. The lowest BCUT2D eigenvalue weighted by molar-refractivity contribution is -0.219. The molecular formula is C66H119N11O13. The van der Waals surface area contributed by atoms with E-state index in [-0.39, 0.29) is 62.2 Å². The van der Waals surface area contributed by atoms with Crippen molar-refractivity contribution >= 4 is 65.0 Å². The third-order valence-electron chi connectivity index (χ3n) is 17.3. The zero-order valence-corrected chi connectivity index (χ0v) is 59.7. The van der Waals surface area contributed by atoms with Crippen molar-refractivity contribution < 1.29 is 62.6 Å². The minimum atomic E-state index is -2.22. The van der Waals surface area contributed by atoms with Gasteiger partial charge in [0.15, 0.2) is 0 Å². The van der Waals surface area contributed by atoms with Crippen LogP contribution in [-0.4, -0.2) is 233 Å². The number of ether oxygens (including phenoxy) is 1. The maximum Gasteiger partial charge on any atom is 0.276 e. The molecule has 0 aromatic heterocycles. The second kappa shape index (κ2) is 36.8. The molecule has 0 aliphatic carbocycles. The molecule has 13 atom stereocenters. The Morgan fingerprint density at radius 3 is 1.43 bits per heavy atom. The third kappa shape index (κ3) is 21.7. The van der Waals surface area contributed by atoms with Crippen LogP contribution in [-0.2, 0) is 57.5 Å². The maximum atomic E-state index is 16.0. The van der Waals surface area contributed by atoms with Gasteiger partial charge in [-0.3, -0.25) is 52.7 Å². The molecule has 0 aromatic rings. The van der Waals surface area contributed by atoms with E-state index < -0.39 is 162 Å². The number of rotatable bonds is 18. The van der Waals surface area contributed by atoms with Gasteiger partial charge in [0.1, 0.15) is 54.4 Å². The van der Waals surface area contributed by atoms with Gasteiger partial charge in [0.05, 0.1) is 18.8 Å². The van der Waals surface area contributed by atoms with Crippen LogP contribution in [0.25, 0.3) is 0 Å². The first-order valence-corrected chi connectivity index (χ1v) is 32.6. The molecule has 1 fully saturated rings. The topological polar surface area (TPSA) is 288 Å². The van der Waals surface area contributed by atoms with E-state index in [1.165, 1.54) is 87.7 Å². The van der Waals surface area contributed by atoms with E-state index in [4.69, 9.17) is 4.74 Å². The molecule has 24 nitrogen and oxygen atoms in total. The normalized spacial score (nSPS) is 27.3. The summed E-state index contributed by atoms with van der Waals surface area (Å²) in [7, 11) is 9.82. The Morgan fingerprint density at radius 2 is 0.978 bits per heavy atom. The predicted octanol–water partition coefficient (Wildman–Crippen LogP) is 4.41. The molecule has 0 bridgehead atoms. The molecule has 5 N–H and O–H groups in total. The van der Waals surface area contributed by atoms with E-state index in [2.05, 4.69) is 21.3 Å². The van der Waals surface area contributed by atoms with Crippen LogP contribution in [0.5, 0.6) is 0 Å². The van der Waals surface area contributed by atoms with Gasteiger partial charge >= 0.3 is 0 Å². The van der Waals surface area contributed by atoms with Crippen molar-refractivity contribution in [3.8, 4) is 0 Å². The molecule has 1 aliphatic rings. The Morgan fingerprint density at radius 1 is 0.533 bits per heavy atom. The molecule has 1 unspecified atom stereocenters.